The summed E-state index contributed by atoms with van der Waals surface area (Å²) in [4.78, 5) is 23.0. The zero-order chi connectivity index (χ0) is 18.7. The van der Waals surface area contributed by atoms with Gasteiger partial charge in [-0.2, -0.15) is 0 Å². The Balaban J connectivity index is 1.85. The van der Waals surface area contributed by atoms with E-state index in [2.05, 4.69) is 0 Å². The zero-order valence-corrected chi connectivity index (χ0v) is 14.3. The second kappa shape index (κ2) is 7.40. The van der Waals surface area contributed by atoms with Crippen LogP contribution < -0.4 is 9.47 Å². The quantitative estimate of drug-likeness (QED) is 0.459. The normalized spacial score (nSPS) is 12.7. The molecule has 1 heterocycles. The van der Waals surface area contributed by atoms with E-state index in [0.717, 1.165) is 5.56 Å². The molecule has 0 aromatic heterocycles. The summed E-state index contributed by atoms with van der Waals surface area (Å²) >= 11 is 0. The van der Waals surface area contributed by atoms with Crippen molar-refractivity contribution >= 4 is 11.7 Å². The van der Waals surface area contributed by atoms with Crippen molar-refractivity contribution in [3.05, 3.63) is 62.7 Å². The summed E-state index contributed by atoms with van der Waals surface area (Å²) in [5.41, 5.74) is 2.01. The molecule has 2 aromatic carbocycles. The number of rotatable bonds is 5. The van der Waals surface area contributed by atoms with Gasteiger partial charge in [0.2, 0.25) is 0 Å². The lowest BCUT2D eigenvalue weighted by Gasteiger charge is -2.20. The van der Waals surface area contributed by atoms with Gasteiger partial charge in [-0.15, -0.1) is 0 Å². The molecule has 136 valence electrons. The van der Waals surface area contributed by atoms with Gasteiger partial charge in [0.1, 0.15) is 23.7 Å². The largest absolute Gasteiger partial charge is 0.496 e. The third-order valence-electron chi connectivity index (χ3n) is 3.92. The van der Waals surface area contributed by atoms with Crippen LogP contribution in [0, 0.1) is 17.0 Å². The van der Waals surface area contributed by atoms with Crippen molar-refractivity contribution in [1.82, 2.24) is 0 Å². The summed E-state index contributed by atoms with van der Waals surface area (Å²) in [5.74, 6) is 0.259. The molecule has 0 fully saturated rings. The molecule has 0 amide bonds. The van der Waals surface area contributed by atoms with Crippen LogP contribution in [0.1, 0.15) is 27.0 Å². The highest BCUT2D eigenvalue weighted by Gasteiger charge is 2.22. The van der Waals surface area contributed by atoms with Gasteiger partial charge in [0, 0.05) is 23.3 Å². The van der Waals surface area contributed by atoms with Crippen molar-refractivity contribution in [2.45, 2.75) is 20.1 Å². The average molecular weight is 359 g/mol. The third-order valence-corrected chi connectivity index (χ3v) is 3.92. The summed E-state index contributed by atoms with van der Waals surface area (Å²) in [6, 6.07) is 7.89. The second-order valence-corrected chi connectivity index (χ2v) is 5.74. The van der Waals surface area contributed by atoms with Gasteiger partial charge < -0.3 is 18.9 Å². The van der Waals surface area contributed by atoms with Crippen LogP contribution in [0.3, 0.4) is 0 Å². The predicted octanol–water partition coefficient (Wildman–Crippen LogP) is 3.14. The number of fused-ring (bicyclic) bond motifs is 1. The number of hydrogen-bond donors (Lipinski definition) is 0. The summed E-state index contributed by atoms with van der Waals surface area (Å²) in [6.07, 6.45) is 0. The predicted molar refractivity (Wildman–Crippen MR) is 90.2 cm³/mol. The molecule has 8 heteroatoms. The van der Waals surface area contributed by atoms with Crippen molar-refractivity contribution in [1.29, 1.82) is 0 Å². The Morgan fingerprint density at radius 3 is 2.85 bits per heavy atom. The standard InChI is InChI=1S/C18H17NO7/c1-11-3-4-16(23-2)15(5-11)18(20)25-9-13-7-14(19(21)22)6-12-8-24-10-26-17(12)13/h3-7H,8-10H2,1-2H3. The molecule has 26 heavy (non-hydrogen) atoms. The Morgan fingerprint density at radius 2 is 2.12 bits per heavy atom. The first kappa shape index (κ1) is 17.7. The molecular formula is C18H17NO7. The van der Waals surface area contributed by atoms with Crippen LogP contribution in [-0.2, 0) is 22.7 Å². The molecule has 8 nitrogen and oxygen atoms in total. The number of nitro groups is 1. The van der Waals surface area contributed by atoms with Gasteiger partial charge in [-0.1, -0.05) is 11.6 Å². The second-order valence-electron chi connectivity index (χ2n) is 5.74. The van der Waals surface area contributed by atoms with Crippen LogP contribution in [0.25, 0.3) is 0 Å². The van der Waals surface area contributed by atoms with Gasteiger partial charge in [-0.05, 0) is 19.1 Å². The molecule has 1 aliphatic heterocycles. The maximum absolute atomic E-state index is 12.4. The lowest BCUT2D eigenvalue weighted by Crippen LogP contribution is -2.15. The first-order valence-electron chi connectivity index (χ1n) is 7.82. The number of esters is 1. The first-order chi connectivity index (χ1) is 12.5. The Hall–Kier alpha value is -3.13. The highest BCUT2D eigenvalue weighted by molar-refractivity contribution is 5.92. The fourth-order valence-electron chi connectivity index (χ4n) is 2.70. The number of aryl methyl sites for hydroxylation is 1. The van der Waals surface area contributed by atoms with E-state index in [9.17, 15) is 14.9 Å². The monoisotopic (exact) mass is 359 g/mol. The molecular weight excluding hydrogens is 342 g/mol. The van der Waals surface area contributed by atoms with Gasteiger partial charge in [0.25, 0.3) is 5.69 Å². The van der Waals surface area contributed by atoms with Crippen LogP contribution in [0.2, 0.25) is 0 Å². The van der Waals surface area contributed by atoms with Crippen molar-refractivity contribution in [2.24, 2.45) is 0 Å². The fraction of sp³-hybridized carbons (Fsp3) is 0.278. The van der Waals surface area contributed by atoms with E-state index >= 15 is 0 Å². The van der Waals surface area contributed by atoms with E-state index in [1.165, 1.54) is 19.2 Å². The van der Waals surface area contributed by atoms with E-state index in [1.807, 2.05) is 13.0 Å². The van der Waals surface area contributed by atoms with Crippen LogP contribution >= 0.6 is 0 Å². The lowest BCUT2D eigenvalue weighted by atomic mass is 10.1. The molecule has 2 aromatic rings. The Morgan fingerprint density at radius 1 is 1.31 bits per heavy atom. The molecule has 0 unspecified atom stereocenters. The molecule has 0 aliphatic carbocycles. The van der Waals surface area contributed by atoms with E-state index in [1.54, 1.807) is 12.1 Å². The number of carbonyl (C=O) groups is 1. The zero-order valence-electron chi connectivity index (χ0n) is 14.3. The number of nitrogens with zero attached hydrogens (tertiary/aromatic N) is 1. The van der Waals surface area contributed by atoms with E-state index in [4.69, 9.17) is 18.9 Å². The molecule has 0 saturated carbocycles. The smallest absolute Gasteiger partial charge is 0.342 e. The van der Waals surface area contributed by atoms with Gasteiger partial charge in [-0.25, -0.2) is 4.79 Å². The third kappa shape index (κ3) is 3.60. The minimum absolute atomic E-state index is 0.0391. The molecule has 0 atom stereocenters. The van der Waals surface area contributed by atoms with Crippen LogP contribution in [-0.4, -0.2) is 24.8 Å². The molecule has 1 aliphatic rings. The SMILES string of the molecule is COc1ccc(C)cc1C(=O)OCc1cc([N+](=O)[O-])cc2c1OCOC2. The lowest BCUT2D eigenvalue weighted by molar-refractivity contribution is -0.385. The van der Waals surface area contributed by atoms with Crippen LogP contribution in [0.4, 0.5) is 5.69 Å². The van der Waals surface area contributed by atoms with E-state index in [0.29, 0.717) is 22.6 Å². The van der Waals surface area contributed by atoms with Crippen LogP contribution in [0.5, 0.6) is 11.5 Å². The topological polar surface area (TPSA) is 97.1 Å². The number of carbonyl (C=O) groups excluding carboxylic acids is 1. The molecule has 0 radical (unpaired) electrons. The van der Waals surface area contributed by atoms with Crippen molar-refractivity contribution in [3.8, 4) is 11.5 Å². The van der Waals surface area contributed by atoms with Gasteiger partial charge in [0.15, 0.2) is 6.79 Å². The molecule has 0 spiro atoms. The highest BCUT2D eigenvalue weighted by Crippen LogP contribution is 2.33. The summed E-state index contributed by atoms with van der Waals surface area (Å²) in [7, 11) is 1.46. The van der Waals surface area contributed by atoms with E-state index in [-0.39, 0.29) is 31.3 Å². The Kier molecular flexibility index (Phi) is 5.04. The number of ether oxygens (including phenoxy) is 4. The number of nitro benzene ring substituents is 1. The van der Waals surface area contributed by atoms with Gasteiger partial charge in [0.05, 0.1) is 18.6 Å². The van der Waals surface area contributed by atoms with Crippen molar-refractivity contribution < 1.29 is 28.7 Å². The first-order valence-corrected chi connectivity index (χ1v) is 7.82. The Bertz CT molecular complexity index is 863. The van der Waals surface area contributed by atoms with Gasteiger partial charge in [-0.3, -0.25) is 10.1 Å². The number of hydrogen-bond acceptors (Lipinski definition) is 7. The van der Waals surface area contributed by atoms with Gasteiger partial charge >= 0.3 is 5.97 Å². The summed E-state index contributed by atoms with van der Waals surface area (Å²) < 4.78 is 21.1. The molecule has 0 saturated heterocycles. The fourth-order valence-corrected chi connectivity index (χ4v) is 2.70. The minimum atomic E-state index is -0.585. The number of non-ortho nitro benzene ring substituents is 1. The minimum Gasteiger partial charge on any atom is -0.496 e. The molecule has 0 N–H and O–H groups in total. The Labute approximate surface area is 149 Å². The average Bonchev–Trinajstić information content (AvgIpc) is 2.65. The van der Waals surface area contributed by atoms with Crippen molar-refractivity contribution in [3.63, 3.8) is 0 Å². The van der Waals surface area contributed by atoms with Crippen molar-refractivity contribution in [2.75, 3.05) is 13.9 Å². The number of benzene rings is 2. The molecule has 3 rings (SSSR count). The molecule has 0 bridgehead atoms. The summed E-state index contributed by atoms with van der Waals surface area (Å²) in [5, 5.41) is 11.1. The maximum atomic E-state index is 12.4. The van der Waals surface area contributed by atoms with E-state index < -0.39 is 10.9 Å². The summed E-state index contributed by atoms with van der Waals surface area (Å²) in [6.45, 7) is 1.92. The maximum Gasteiger partial charge on any atom is 0.342 e. The number of methoxy groups -OCH3 is 1. The highest BCUT2D eigenvalue weighted by atomic mass is 16.7. The van der Waals surface area contributed by atoms with Crippen LogP contribution in [0.15, 0.2) is 30.3 Å².